The van der Waals surface area contributed by atoms with Crippen molar-refractivity contribution in [1.29, 1.82) is 0 Å². The van der Waals surface area contributed by atoms with E-state index in [0.29, 0.717) is 5.02 Å². The summed E-state index contributed by atoms with van der Waals surface area (Å²) in [5.41, 5.74) is 4.29. The highest BCUT2D eigenvalue weighted by Gasteiger charge is 2.16. The molecule has 0 unspecified atom stereocenters. The molecule has 0 saturated heterocycles. The Balaban J connectivity index is 2.04. The predicted octanol–water partition coefficient (Wildman–Crippen LogP) is 2.90. The second-order valence-corrected chi connectivity index (χ2v) is 5.06. The molecule has 3 nitrogen and oxygen atoms in total. The molecule has 0 fully saturated rings. The van der Waals surface area contributed by atoms with Crippen LogP contribution in [-0.4, -0.2) is 14.7 Å². The molecule has 3 rings (SSSR count). The van der Waals surface area contributed by atoms with Crippen molar-refractivity contribution in [3.05, 3.63) is 46.5 Å². The van der Waals surface area contributed by atoms with Crippen molar-refractivity contribution in [2.45, 2.75) is 32.3 Å². The quantitative estimate of drug-likeness (QED) is 0.904. The second kappa shape index (κ2) is 4.75. The molecular weight excluding hydrogens is 248 g/mol. The molecule has 1 N–H and O–H groups in total. The van der Waals surface area contributed by atoms with Crippen LogP contribution in [0.4, 0.5) is 0 Å². The van der Waals surface area contributed by atoms with Crippen LogP contribution < -0.4 is 0 Å². The number of hydrogen-bond donors (Lipinski definition) is 1. The Bertz CT molecular complexity index is 577. The fourth-order valence-electron chi connectivity index (χ4n) is 2.51. The van der Waals surface area contributed by atoms with Gasteiger partial charge < -0.3 is 9.67 Å². The van der Waals surface area contributed by atoms with Gasteiger partial charge in [-0.15, -0.1) is 0 Å². The fraction of sp³-hybridized carbons (Fsp3) is 0.357. The number of imidazole rings is 1. The largest absolute Gasteiger partial charge is 0.392 e. The number of halogens is 1. The summed E-state index contributed by atoms with van der Waals surface area (Å²) in [5.74, 6) is 0. The molecule has 0 spiro atoms. The van der Waals surface area contributed by atoms with Gasteiger partial charge in [0.2, 0.25) is 0 Å². The van der Waals surface area contributed by atoms with Crippen LogP contribution in [0.25, 0.3) is 5.69 Å². The summed E-state index contributed by atoms with van der Waals surface area (Å²) in [7, 11) is 0. The SMILES string of the molecule is OCc1ccc(-n2cnc3c2CCCC3)cc1Cl. The molecule has 0 aliphatic heterocycles. The Morgan fingerprint density at radius 3 is 2.89 bits per heavy atom. The third kappa shape index (κ3) is 1.93. The van der Waals surface area contributed by atoms with Crippen LogP contribution in [0.3, 0.4) is 0 Å². The number of fused-ring (bicyclic) bond motifs is 1. The topological polar surface area (TPSA) is 38.0 Å². The summed E-state index contributed by atoms with van der Waals surface area (Å²) >= 11 is 6.14. The Kier molecular flexibility index (Phi) is 3.10. The number of aliphatic hydroxyl groups is 1. The number of aromatic nitrogens is 2. The highest BCUT2D eigenvalue weighted by Crippen LogP contribution is 2.26. The van der Waals surface area contributed by atoms with Crippen molar-refractivity contribution in [2.24, 2.45) is 0 Å². The molecule has 4 heteroatoms. The zero-order valence-electron chi connectivity index (χ0n) is 10.1. The third-order valence-electron chi connectivity index (χ3n) is 3.52. The molecule has 0 amide bonds. The average Bonchev–Trinajstić information content (AvgIpc) is 2.82. The van der Waals surface area contributed by atoms with Crippen molar-refractivity contribution < 1.29 is 5.11 Å². The summed E-state index contributed by atoms with van der Waals surface area (Å²) < 4.78 is 2.11. The van der Waals surface area contributed by atoms with Crippen LogP contribution in [0, 0.1) is 0 Å². The van der Waals surface area contributed by atoms with Gasteiger partial charge in [-0.05, 0) is 43.4 Å². The number of rotatable bonds is 2. The first-order chi connectivity index (χ1) is 8.79. The van der Waals surface area contributed by atoms with Gasteiger partial charge in [0.05, 0.1) is 18.6 Å². The van der Waals surface area contributed by atoms with Crippen molar-refractivity contribution in [2.75, 3.05) is 0 Å². The van der Waals surface area contributed by atoms with E-state index < -0.39 is 0 Å². The first-order valence-corrected chi connectivity index (χ1v) is 6.62. The van der Waals surface area contributed by atoms with Gasteiger partial charge in [0.25, 0.3) is 0 Å². The van der Waals surface area contributed by atoms with Gasteiger partial charge in [-0.25, -0.2) is 4.98 Å². The standard InChI is InChI=1S/C14H15ClN2O/c15-12-7-11(6-5-10(12)8-18)17-9-16-13-3-1-2-4-14(13)17/h5-7,9,18H,1-4,8H2. The minimum Gasteiger partial charge on any atom is -0.392 e. The third-order valence-corrected chi connectivity index (χ3v) is 3.87. The molecule has 94 valence electrons. The van der Waals surface area contributed by atoms with Gasteiger partial charge in [-0.1, -0.05) is 17.7 Å². The number of hydrogen-bond acceptors (Lipinski definition) is 2. The molecule has 1 aromatic carbocycles. The Morgan fingerprint density at radius 2 is 2.11 bits per heavy atom. The van der Waals surface area contributed by atoms with Crippen LogP contribution in [0.1, 0.15) is 29.8 Å². The normalized spacial score (nSPS) is 14.6. The van der Waals surface area contributed by atoms with Crippen molar-refractivity contribution in [1.82, 2.24) is 9.55 Å². The van der Waals surface area contributed by atoms with E-state index in [-0.39, 0.29) is 6.61 Å². The minimum atomic E-state index is -0.0266. The predicted molar refractivity (Wildman–Crippen MR) is 71.1 cm³/mol. The van der Waals surface area contributed by atoms with E-state index in [9.17, 15) is 0 Å². The molecule has 0 atom stereocenters. The maximum Gasteiger partial charge on any atom is 0.0997 e. The molecule has 2 aromatic rings. The summed E-state index contributed by atoms with van der Waals surface area (Å²) in [5, 5.41) is 9.73. The van der Waals surface area contributed by atoms with Gasteiger partial charge in [0, 0.05) is 16.4 Å². The van der Waals surface area contributed by atoms with Crippen molar-refractivity contribution in [3.63, 3.8) is 0 Å². The van der Waals surface area contributed by atoms with Gasteiger partial charge >= 0.3 is 0 Å². The fourth-order valence-corrected chi connectivity index (χ4v) is 2.74. The summed E-state index contributed by atoms with van der Waals surface area (Å²) in [4.78, 5) is 4.48. The lowest BCUT2D eigenvalue weighted by atomic mass is 10.0. The number of benzene rings is 1. The van der Waals surface area contributed by atoms with Crippen LogP contribution in [0.2, 0.25) is 5.02 Å². The summed E-state index contributed by atoms with van der Waals surface area (Å²) in [6.07, 6.45) is 6.48. The molecule has 0 radical (unpaired) electrons. The van der Waals surface area contributed by atoms with E-state index in [1.54, 1.807) is 0 Å². The second-order valence-electron chi connectivity index (χ2n) is 4.65. The van der Waals surface area contributed by atoms with Crippen LogP contribution in [-0.2, 0) is 19.4 Å². The Labute approximate surface area is 111 Å². The monoisotopic (exact) mass is 262 g/mol. The van der Waals surface area contributed by atoms with Crippen molar-refractivity contribution in [3.8, 4) is 5.69 Å². The van der Waals surface area contributed by atoms with Gasteiger partial charge in [0.15, 0.2) is 0 Å². The van der Waals surface area contributed by atoms with E-state index in [1.165, 1.54) is 24.2 Å². The molecule has 18 heavy (non-hydrogen) atoms. The molecule has 0 bridgehead atoms. The maximum absolute atomic E-state index is 9.13. The summed E-state index contributed by atoms with van der Waals surface area (Å²) in [6.45, 7) is -0.0266. The molecular formula is C14H15ClN2O. The van der Waals surface area contributed by atoms with Gasteiger partial charge in [-0.2, -0.15) is 0 Å². The first kappa shape index (κ1) is 11.8. The zero-order chi connectivity index (χ0) is 12.5. The van der Waals surface area contributed by atoms with Crippen LogP contribution in [0.5, 0.6) is 0 Å². The number of aryl methyl sites for hydroxylation is 1. The van der Waals surface area contributed by atoms with Gasteiger partial charge in [-0.3, -0.25) is 0 Å². The van der Waals surface area contributed by atoms with Crippen LogP contribution in [0.15, 0.2) is 24.5 Å². The molecule has 0 saturated carbocycles. The molecule has 1 aliphatic carbocycles. The summed E-state index contributed by atoms with van der Waals surface area (Å²) in [6, 6.07) is 5.74. The average molecular weight is 263 g/mol. The van der Waals surface area contributed by atoms with Gasteiger partial charge in [0.1, 0.15) is 0 Å². The van der Waals surface area contributed by atoms with E-state index in [2.05, 4.69) is 9.55 Å². The first-order valence-electron chi connectivity index (χ1n) is 6.24. The maximum atomic E-state index is 9.13. The minimum absolute atomic E-state index is 0.0266. The lowest BCUT2D eigenvalue weighted by Crippen LogP contribution is -2.07. The molecule has 1 aromatic heterocycles. The zero-order valence-corrected chi connectivity index (χ0v) is 10.8. The lowest BCUT2D eigenvalue weighted by molar-refractivity contribution is 0.282. The van der Waals surface area contributed by atoms with E-state index in [4.69, 9.17) is 16.7 Å². The van der Waals surface area contributed by atoms with Crippen LogP contribution >= 0.6 is 11.6 Å². The van der Waals surface area contributed by atoms with E-state index >= 15 is 0 Å². The Hall–Kier alpha value is -1.32. The van der Waals surface area contributed by atoms with Crippen molar-refractivity contribution >= 4 is 11.6 Å². The molecule has 1 heterocycles. The number of nitrogens with zero attached hydrogens (tertiary/aromatic N) is 2. The Morgan fingerprint density at radius 1 is 1.28 bits per heavy atom. The highest BCUT2D eigenvalue weighted by molar-refractivity contribution is 6.31. The lowest BCUT2D eigenvalue weighted by Gasteiger charge is -2.14. The molecule has 1 aliphatic rings. The van der Waals surface area contributed by atoms with E-state index in [1.807, 2.05) is 24.5 Å². The number of aliphatic hydroxyl groups excluding tert-OH is 1. The smallest absolute Gasteiger partial charge is 0.0997 e. The highest BCUT2D eigenvalue weighted by atomic mass is 35.5. The van der Waals surface area contributed by atoms with E-state index in [0.717, 1.165) is 24.1 Å².